The SMILES string of the molecule is C=CCNc1nc(Cl)nc2c1cnn2-c1ccccc1. The van der Waals surface area contributed by atoms with Gasteiger partial charge in [-0.3, -0.25) is 0 Å². The highest BCUT2D eigenvalue weighted by molar-refractivity contribution is 6.28. The van der Waals surface area contributed by atoms with Gasteiger partial charge in [0, 0.05) is 6.54 Å². The summed E-state index contributed by atoms with van der Waals surface area (Å²) in [5, 5.41) is 8.50. The number of aromatic nitrogens is 4. The molecule has 2 aromatic heterocycles. The van der Waals surface area contributed by atoms with Crippen molar-refractivity contribution in [1.29, 1.82) is 0 Å². The highest BCUT2D eigenvalue weighted by Gasteiger charge is 2.12. The standard InChI is InChI=1S/C14H12ClN5/c1-2-8-16-12-11-9-17-20(10-6-4-3-5-7-10)13(11)19-14(15)18-12/h2-7,9H,1,8H2,(H,16,18,19). The minimum Gasteiger partial charge on any atom is -0.366 e. The average molecular weight is 286 g/mol. The molecule has 100 valence electrons. The van der Waals surface area contributed by atoms with Gasteiger partial charge in [-0.2, -0.15) is 15.1 Å². The maximum Gasteiger partial charge on any atom is 0.226 e. The molecule has 0 aliphatic rings. The molecule has 0 saturated carbocycles. The number of nitrogens with zero attached hydrogens (tertiary/aromatic N) is 4. The lowest BCUT2D eigenvalue weighted by molar-refractivity contribution is 0.895. The molecule has 0 aliphatic carbocycles. The first kappa shape index (κ1) is 12.6. The van der Waals surface area contributed by atoms with E-state index in [4.69, 9.17) is 11.6 Å². The second kappa shape index (κ2) is 5.30. The van der Waals surface area contributed by atoms with Crippen molar-refractivity contribution in [2.75, 3.05) is 11.9 Å². The summed E-state index contributed by atoms with van der Waals surface area (Å²) >= 11 is 5.99. The van der Waals surface area contributed by atoms with Gasteiger partial charge in [-0.15, -0.1) is 6.58 Å². The van der Waals surface area contributed by atoms with E-state index in [1.165, 1.54) is 0 Å². The molecule has 3 rings (SSSR count). The van der Waals surface area contributed by atoms with Crippen molar-refractivity contribution < 1.29 is 0 Å². The van der Waals surface area contributed by atoms with Gasteiger partial charge in [-0.1, -0.05) is 24.3 Å². The summed E-state index contributed by atoms with van der Waals surface area (Å²) in [6.07, 6.45) is 3.48. The molecule has 0 spiro atoms. The third-order valence-electron chi connectivity index (χ3n) is 2.82. The molecule has 0 aliphatic heterocycles. The monoisotopic (exact) mass is 285 g/mol. The van der Waals surface area contributed by atoms with Crippen molar-refractivity contribution in [3.05, 3.63) is 54.5 Å². The summed E-state index contributed by atoms with van der Waals surface area (Å²) in [5.74, 6) is 0.655. The number of nitrogens with one attached hydrogen (secondary N) is 1. The Morgan fingerprint density at radius 2 is 2.05 bits per heavy atom. The maximum absolute atomic E-state index is 5.99. The number of hydrogen-bond acceptors (Lipinski definition) is 4. The second-order valence-corrected chi connectivity index (χ2v) is 4.48. The predicted molar refractivity (Wildman–Crippen MR) is 80.4 cm³/mol. The summed E-state index contributed by atoms with van der Waals surface area (Å²) in [6.45, 7) is 4.27. The van der Waals surface area contributed by atoms with Crippen LogP contribution in [0.4, 0.5) is 5.82 Å². The van der Waals surface area contributed by atoms with E-state index >= 15 is 0 Å². The van der Waals surface area contributed by atoms with Gasteiger partial charge < -0.3 is 5.32 Å². The number of rotatable bonds is 4. The van der Waals surface area contributed by atoms with Crippen LogP contribution in [0.2, 0.25) is 5.28 Å². The van der Waals surface area contributed by atoms with E-state index < -0.39 is 0 Å². The summed E-state index contributed by atoms with van der Waals surface area (Å²) < 4.78 is 1.74. The van der Waals surface area contributed by atoms with Gasteiger partial charge in [0.2, 0.25) is 5.28 Å². The number of fused-ring (bicyclic) bond motifs is 1. The fourth-order valence-corrected chi connectivity index (χ4v) is 2.11. The van der Waals surface area contributed by atoms with E-state index in [1.807, 2.05) is 30.3 Å². The van der Waals surface area contributed by atoms with Crippen molar-refractivity contribution in [2.24, 2.45) is 0 Å². The van der Waals surface area contributed by atoms with E-state index in [0.29, 0.717) is 18.0 Å². The number of benzene rings is 1. The molecule has 0 saturated heterocycles. The summed E-state index contributed by atoms with van der Waals surface area (Å²) in [7, 11) is 0. The molecule has 0 unspecified atom stereocenters. The van der Waals surface area contributed by atoms with Gasteiger partial charge in [-0.25, -0.2) is 4.68 Å². The summed E-state index contributed by atoms with van der Waals surface area (Å²) in [4.78, 5) is 8.46. The minimum absolute atomic E-state index is 0.182. The molecule has 1 aromatic carbocycles. The Hall–Kier alpha value is -2.40. The quantitative estimate of drug-likeness (QED) is 0.591. The number of halogens is 1. The zero-order valence-electron chi connectivity index (χ0n) is 10.6. The third kappa shape index (κ3) is 2.23. The number of hydrogen-bond donors (Lipinski definition) is 1. The number of anilines is 1. The van der Waals surface area contributed by atoms with Gasteiger partial charge in [-0.05, 0) is 23.7 Å². The van der Waals surface area contributed by atoms with Gasteiger partial charge in [0.15, 0.2) is 5.65 Å². The Bertz CT molecular complexity index is 751. The average Bonchev–Trinajstić information content (AvgIpc) is 2.89. The van der Waals surface area contributed by atoms with Gasteiger partial charge >= 0.3 is 0 Å². The third-order valence-corrected chi connectivity index (χ3v) is 2.98. The van der Waals surface area contributed by atoms with Crippen LogP contribution >= 0.6 is 11.6 Å². The minimum atomic E-state index is 0.182. The second-order valence-electron chi connectivity index (χ2n) is 4.14. The van der Waals surface area contributed by atoms with Crippen LogP contribution in [0.5, 0.6) is 0 Å². The smallest absolute Gasteiger partial charge is 0.226 e. The van der Waals surface area contributed by atoms with E-state index in [0.717, 1.165) is 11.1 Å². The summed E-state index contributed by atoms with van der Waals surface area (Å²) in [6, 6.07) is 9.76. The molecule has 0 bridgehead atoms. The van der Waals surface area contributed by atoms with Crippen LogP contribution in [-0.2, 0) is 0 Å². The highest BCUT2D eigenvalue weighted by atomic mass is 35.5. The molecule has 0 radical (unpaired) electrons. The lowest BCUT2D eigenvalue weighted by atomic mass is 10.3. The molecule has 20 heavy (non-hydrogen) atoms. The highest BCUT2D eigenvalue weighted by Crippen LogP contribution is 2.23. The lowest BCUT2D eigenvalue weighted by Gasteiger charge is -2.06. The van der Waals surface area contributed by atoms with Crippen LogP contribution in [0.1, 0.15) is 0 Å². The molecule has 5 nitrogen and oxygen atoms in total. The molecule has 3 aromatic rings. The first-order valence-corrected chi connectivity index (χ1v) is 6.49. The van der Waals surface area contributed by atoms with Crippen LogP contribution in [0, 0.1) is 0 Å². The molecular formula is C14H12ClN5. The normalized spacial score (nSPS) is 10.7. The Morgan fingerprint density at radius 3 is 2.80 bits per heavy atom. The van der Waals surface area contributed by atoms with Crippen molar-refractivity contribution >= 4 is 28.5 Å². The molecule has 0 fully saturated rings. The fraction of sp³-hybridized carbons (Fsp3) is 0.0714. The van der Waals surface area contributed by atoms with E-state index in [9.17, 15) is 0 Å². The van der Waals surface area contributed by atoms with Crippen LogP contribution in [0.3, 0.4) is 0 Å². The Balaban J connectivity index is 2.17. The predicted octanol–water partition coefficient (Wildman–Crippen LogP) is 3.07. The summed E-state index contributed by atoms with van der Waals surface area (Å²) in [5.41, 5.74) is 1.59. The Labute approximate surface area is 120 Å². The Morgan fingerprint density at radius 1 is 1.25 bits per heavy atom. The van der Waals surface area contributed by atoms with Gasteiger partial charge in [0.1, 0.15) is 5.82 Å². The van der Waals surface area contributed by atoms with Crippen molar-refractivity contribution in [3.63, 3.8) is 0 Å². The zero-order chi connectivity index (χ0) is 13.9. The van der Waals surface area contributed by atoms with E-state index in [-0.39, 0.29) is 5.28 Å². The van der Waals surface area contributed by atoms with Gasteiger partial charge in [0.25, 0.3) is 0 Å². The molecule has 1 N–H and O–H groups in total. The van der Waals surface area contributed by atoms with Crippen molar-refractivity contribution in [2.45, 2.75) is 0 Å². The fourth-order valence-electron chi connectivity index (χ4n) is 1.94. The van der Waals surface area contributed by atoms with Crippen molar-refractivity contribution in [1.82, 2.24) is 19.7 Å². The van der Waals surface area contributed by atoms with Crippen LogP contribution < -0.4 is 5.32 Å². The molecule has 0 amide bonds. The molecule has 6 heteroatoms. The van der Waals surface area contributed by atoms with Crippen LogP contribution in [-0.4, -0.2) is 26.3 Å². The van der Waals surface area contributed by atoms with Crippen molar-refractivity contribution in [3.8, 4) is 5.69 Å². The molecule has 0 atom stereocenters. The lowest BCUT2D eigenvalue weighted by Crippen LogP contribution is -2.03. The van der Waals surface area contributed by atoms with E-state index in [2.05, 4.69) is 27.0 Å². The molecule has 2 heterocycles. The first-order valence-electron chi connectivity index (χ1n) is 6.11. The molecular weight excluding hydrogens is 274 g/mol. The zero-order valence-corrected chi connectivity index (χ0v) is 11.4. The van der Waals surface area contributed by atoms with Crippen LogP contribution in [0.25, 0.3) is 16.7 Å². The van der Waals surface area contributed by atoms with Gasteiger partial charge in [0.05, 0.1) is 17.3 Å². The Kier molecular flexibility index (Phi) is 3.35. The number of para-hydroxylation sites is 1. The largest absolute Gasteiger partial charge is 0.366 e. The first-order chi connectivity index (χ1) is 9.79. The maximum atomic E-state index is 5.99. The topological polar surface area (TPSA) is 55.6 Å². The van der Waals surface area contributed by atoms with E-state index in [1.54, 1.807) is 17.0 Å². The van der Waals surface area contributed by atoms with Crippen LogP contribution in [0.15, 0.2) is 49.2 Å².